The number of hydrogen-bond donors (Lipinski definition) is 1. The third-order valence-electron chi connectivity index (χ3n) is 4.74. The molecule has 2 amide bonds. The molecule has 1 aliphatic carbocycles. The van der Waals surface area contributed by atoms with Crippen LogP contribution in [0, 0.1) is 17.7 Å². The quantitative estimate of drug-likeness (QED) is 0.850. The Labute approximate surface area is 150 Å². The number of benzene rings is 1. The van der Waals surface area contributed by atoms with E-state index >= 15 is 0 Å². The van der Waals surface area contributed by atoms with E-state index in [0.29, 0.717) is 18.5 Å². The van der Waals surface area contributed by atoms with E-state index in [2.05, 4.69) is 5.32 Å². The number of nitrogens with zero attached hydrogens (tertiary/aromatic N) is 1. The van der Waals surface area contributed by atoms with Crippen molar-refractivity contribution in [3.63, 3.8) is 0 Å². The molecule has 1 aliphatic heterocycles. The van der Waals surface area contributed by atoms with Crippen molar-refractivity contribution in [3.05, 3.63) is 29.0 Å². The minimum absolute atomic E-state index is 0.0209. The molecule has 0 spiro atoms. The molecule has 6 nitrogen and oxygen atoms in total. The lowest BCUT2D eigenvalue weighted by Gasteiger charge is -2.23. The Kier molecular flexibility index (Phi) is 4.76. The van der Waals surface area contributed by atoms with Crippen LogP contribution in [0.15, 0.2) is 18.2 Å². The number of nitrogens with one attached hydrogen (secondary N) is 1. The number of carbonyl (C=O) groups excluding carboxylic acids is 2. The zero-order valence-electron chi connectivity index (χ0n) is 13.5. The first-order valence-corrected chi connectivity index (χ1v) is 10.1. The molecule has 1 saturated heterocycles. The maximum Gasteiger partial charge on any atom is 0.228 e. The number of halogens is 2. The Balaban J connectivity index is 1.57. The van der Waals surface area contributed by atoms with Crippen molar-refractivity contribution in [1.29, 1.82) is 0 Å². The van der Waals surface area contributed by atoms with Crippen LogP contribution in [0.5, 0.6) is 0 Å². The molecule has 3 atom stereocenters. The fourth-order valence-electron chi connectivity index (χ4n) is 3.09. The Morgan fingerprint density at radius 3 is 2.64 bits per heavy atom. The van der Waals surface area contributed by atoms with Crippen molar-refractivity contribution in [1.82, 2.24) is 4.90 Å². The maximum absolute atomic E-state index is 13.1. The standard InChI is InChI=1S/C16H18ClFN2O4S/c1-20(10-4-5-25(23,24)8-10)16(22)12-7-11(12)15(21)19-9-2-3-14(18)13(17)6-9/h2-3,6,10-12H,4-5,7-8H2,1H3,(H,19,21). The minimum atomic E-state index is -3.07. The lowest BCUT2D eigenvalue weighted by molar-refractivity contribution is -0.134. The van der Waals surface area contributed by atoms with Crippen molar-refractivity contribution in [2.75, 3.05) is 23.9 Å². The highest BCUT2D eigenvalue weighted by Crippen LogP contribution is 2.41. The van der Waals surface area contributed by atoms with Gasteiger partial charge in [-0.15, -0.1) is 0 Å². The van der Waals surface area contributed by atoms with Gasteiger partial charge in [-0.25, -0.2) is 12.8 Å². The van der Waals surface area contributed by atoms with E-state index in [1.54, 1.807) is 7.05 Å². The number of sulfone groups is 1. The second-order valence-corrected chi connectivity index (χ2v) is 9.21. The second kappa shape index (κ2) is 6.57. The molecule has 1 aromatic carbocycles. The van der Waals surface area contributed by atoms with E-state index in [0.717, 1.165) is 6.07 Å². The van der Waals surface area contributed by atoms with Gasteiger partial charge in [0, 0.05) is 18.8 Å². The van der Waals surface area contributed by atoms with Gasteiger partial charge in [0.1, 0.15) is 5.82 Å². The molecule has 25 heavy (non-hydrogen) atoms. The Bertz CT molecular complexity index is 829. The number of hydrogen-bond acceptors (Lipinski definition) is 4. The predicted molar refractivity (Wildman–Crippen MR) is 91.5 cm³/mol. The average Bonchev–Trinajstić information content (AvgIpc) is 3.27. The van der Waals surface area contributed by atoms with Gasteiger partial charge in [0.05, 0.1) is 28.4 Å². The normalized spacial score (nSPS) is 26.9. The van der Waals surface area contributed by atoms with Gasteiger partial charge in [-0.2, -0.15) is 0 Å². The summed E-state index contributed by atoms with van der Waals surface area (Å²) in [4.78, 5) is 26.1. The molecule has 0 radical (unpaired) electrons. The summed E-state index contributed by atoms with van der Waals surface area (Å²) in [7, 11) is -1.49. The molecule has 1 saturated carbocycles. The molecule has 2 fully saturated rings. The highest BCUT2D eigenvalue weighted by atomic mass is 35.5. The molecule has 136 valence electrons. The number of anilines is 1. The van der Waals surface area contributed by atoms with Gasteiger partial charge in [0.2, 0.25) is 11.8 Å². The maximum atomic E-state index is 13.1. The number of rotatable bonds is 4. The summed E-state index contributed by atoms with van der Waals surface area (Å²) in [6, 6.07) is 3.54. The first-order chi connectivity index (χ1) is 11.7. The number of carbonyl (C=O) groups is 2. The zero-order chi connectivity index (χ0) is 18.4. The Morgan fingerprint density at radius 1 is 1.32 bits per heavy atom. The lowest BCUT2D eigenvalue weighted by Crippen LogP contribution is -2.39. The molecule has 1 aromatic rings. The highest BCUT2D eigenvalue weighted by Gasteiger charge is 2.50. The summed E-state index contributed by atoms with van der Waals surface area (Å²) in [5, 5.41) is 2.53. The molecular formula is C16H18ClFN2O4S. The second-order valence-electron chi connectivity index (χ2n) is 6.57. The van der Waals surface area contributed by atoms with E-state index in [1.165, 1.54) is 17.0 Å². The van der Waals surface area contributed by atoms with Crippen molar-refractivity contribution >= 4 is 38.9 Å². The first kappa shape index (κ1) is 18.1. The van der Waals surface area contributed by atoms with E-state index in [9.17, 15) is 22.4 Å². The van der Waals surface area contributed by atoms with Crippen molar-refractivity contribution < 1.29 is 22.4 Å². The van der Waals surface area contributed by atoms with Crippen LogP contribution in [0.4, 0.5) is 10.1 Å². The van der Waals surface area contributed by atoms with Gasteiger partial charge >= 0.3 is 0 Å². The largest absolute Gasteiger partial charge is 0.341 e. The molecule has 0 bridgehead atoms. The molecule has 3 unspecified atom stereocenters. The Hall–Kier alpha value is -1.67. The van der Waals surface area contributed by atoms with Crippen LogP contribution in [-0.4, -0.2) is 49.7 Å². The van der Waals surface area contributed by atoms with E-state index < -0.39 is 27.5 Å². The minimum Gasteiger partial charge on any atom is -0.341 e. The van der Waals surface area contributed by atoms with Crippen LogP contribution in [0.2, 0.25) is 5.02 Å². The van der Waals surface area contributed by atoms with Crippen molar-refractivity contribution in [2.45, 2.75) is 18.9 Å². The van der Waals surface area contributed by atoms with Gasteiger partial charge in [0.15, 0.2) is 9.84 Å². The fourth-order valence-corrected chi connectivity index (χ4v) is 5.04. The summed E-state index contributed by atoms with van der Waals surface area (Å²) >= 11 is 5.67. The van der Waals surface area contributed by atoms with Crippen LogP contribution in [0.1, 0.15) is 12.8 Å². The average molecular weight is 389 g/mol. The molecule has 1 N–H and O–H groups in total. The van der Waals surface area contributed by atoms with Crippen molar-refractivity contribution in [2.24, 2.45) is 11.8 Å². The molecule has 3 rings (SSSR count). The third-order valence-corrected chi connectivity index (χ3v) is 6.78. The van der Waals surface area contributed by atoms with Gasteiger partial charge < -0.3 is 10.2 Å². The molecule has 9 heteroatoms. The van der Waals surface area contributed by atoms with Crippen LogP contribution in [0.3, 0.4) is 0 Å². The van der Waals surface area contributed by atoms with Crippen LogP contribution in [-0.2, 0) is 19.4 Å². The lowest BCUT2D eigenvalue weighted by atomic mass is 10.2. The topological polar surface area (TPSA) is 83.6 Å². The van der Waals surface area contributed by atoms with Gasteiger partial charge in [-0.3, -0.25) is 9.59 Å². The summed E-state index contributed by atoms with van der Waals surface area (Å²) < 4.78 is 36.2. The monoisotopic (exact) mass is 388 g/mol. The molecule has 2 aliphatic rings. The van der Waals surface area contributed by atoms with Gasteiger partial charge in [0.25, 0.3) is 0 Å². The van der Waals surface area contributed by atoms with E-state index in [-0.39, 0.29) is 34.4 Å². The van der Waals surface area contributed by atoms with Gasteiger partial charge in [-0.05, 0) is 31.0 Å². The zero-order valence-corrected chi connectivity index (χ0v) is 15.1. The van der Waals surface area contributed by atoms with Crippen molar-refractivity contribution in [3.8, 4) is 0 Å². The van der Waals surface area contributed by atoms with Crippen LogP contribution < -0.4 is 5.32 Å². The summed E-state index contributed by atoms with van der Waals surface area (Å²) in [6.07, 6.45) is 0.853. The summed E-state index contributed by atoms with van der Waals surface area (Å²) in [5.41, 5.74) is 0.365. The predicted octanol–water partition coefficient (Wildman–Crippen LogP) is 1.70. The van der Waals surface area contributed by atoms with E-state index in [4.69, 9.17) is 11.6 Å². The smallest absolute Gasteiger partial charge is 0.228 e. The van der Waals surface area contributed by atoms with Gasteiger partial charge in [-0.1, -0.05) is 11.6 Å². The van der Waals surface area contributed by atoms with E-state index in [1.807, 2.05) is 0 Å². The van der Waals surface area contributed by atoms with Crippen LogP contribution in [0.25, 0.3) is 0 Å². The SMILES string of the molecule is CN(C(=O)C1CC1C(=O)Nc1ccc(F)c(Cl)c1)C1CCS(=O)(=O)C1. The van der Waals surface area contributed by atoms with Crippen LogP contribution >= 0.6 is 11.6 Å². The fraction of sp³-hybridized carbons (Fsp3) is 0.500. The highest BCUT2D eigenvalue weighted by molar-refractivity contribution is 7.91. The third kappa shape index (κ3) is 3.95. The number of amides is 2. The molecule has 1 heterocycles. The molecule has 0 aromatic heterocycles. The Morgan fingerprint density at radius 2 is 2.04 bits per heavy atom. The first-order valence-electron chi connectivity index (χ1n) is 7.91. The summed E-state index contributed by atoms with van der Waals surface area (Å²) in [5.74, 6) is -1.94. The summed E-state index contributed by atoms with van der Waals surface area (Å²) in [6.45, 7) is 0. The molecular weight excluding hydrogens is 371 g/mol.